The monoisotopic (exact) mass is 357 g/mol. The average molecular weight is 357 g/mol. The highest BCUT2D eigenvalue weighted by molar-refractivity contribution is 5.91. The van der Waals surface area contributed by atoms with E-state index in [1.54, 1.807) is 0 Å². The Morgan fingerprint density at radius 3 is 2.68 bits per heavy atom. The van der Waals surface area contributed by atoms with Crippen LogP contribution in [0.5, 0.6) is 11.5 Å². The lowest BCUT2D eigenvalue weighted by Gasteiger charge is -2.13. The second kappa shape index (κ2) is 9.54. The van der Waals surface area contributed by atoms with Crippen LogP contribution in [0.25, 0.3) is 6.08 Å². The number of rotatable bonds is 10. The zero-order valence-electron chi connectivity index (χ0n) is 13.0. The van der Waals surface area contributed by atoms with E-state index in [4.69, 9.17) is 4.74 Å². The summed E-state index contributed by atoms with van der Waals surface area (Å²) in [7, 11) is 1.37. The summed E-state index contributed by atoms with van der Waals surface area (Å²) < 4.78 is 4.92. The molecule has 136 valence electrons. The molecule has 0 aliphatic rings. The highest BCUT2D eigenvalue weighted by Gasteiger charge is 2.16. The van der Waals surface area contributed by atoms with Crippen LogP contribution in [0.2, 0.25) is 0 Å². The zero-order valence-corrected chi connectivity index (χ0v) is 13.0. The minimum absolute atomic E-state index is 0.0605. The molecule has 0 radical (unpaired) electrons. The molecule has 1 unspecified atom stereocenters. The van der Waals surface area contributed by atoms with Crippen LogP contribution in [0.1, 0.15) is 5.56 Å². The summed E-state index contributed by atoms with van der Waals surface area (Å²) in [4.78, 5) is 40.2. The number of hydrogen-bond acceptors (Lipinski definition) is 9. The van der Waals surface area contributed by atoms with Crippen LogP contribution < -0.4 is 10.1 Å². The Labute approximate surface area is 140 Å². The summed E-state index contributed by atoms with van der Waals surface area (Å²) in [6.07, 6.45) is 1.20. The maximum absolute atomic E-state index is 11.7. The highest BCUT2D eigenvalue weighted by Crippen LogP contribution is 2.26. The van der Waals surface area contributed by atoms with Crippen molar-refractivity contribution in [3.8, 4) is 11.5 Å². The van der Waals surface area contributed by atoms with Gasteiger partial charge in [-0.25, -0.2) is 0 Å². The van der Waals surface area contributed by atoms with Gasteiger partial charge in [-0.2, -0.15) is 0 Å². The van der Waals surface area contributed by atoms with Gasteiger partial charge < -0.3 is 24.8 Å². The van der Waals surface area contributed by atoms with Crippen LogP contribution in [-0.2, 0) is 14.5 Å². The Morgan fingerprint density at radius 1 is 1.36 bits per heavy atom. The predicted octanol–water partition coefficient (Wildman–Crippen LogP) is 0.315. The van der Waals surface area contributed by atoms with E-state index in [2.05, 4.69) is 15.0 Å². The Morgan fingerprint density at radius 2 is 2.08 bits per heavy atom. The molecule has 2 N–H and O–H groups in total. The number of amides is 1. The number of phenolic OH excluding ortho intramolecular Hbond substituents is 1. The van der Waals surface area contributed by atoms with Crippen molar-refractivity contribution in [1.82, 2.24) is 5.32 Å². The Balaban J connectivity index is 2.58. The van der Waals surface area contributed by atoms with E-state index in [0.717, 1.165) is 6.08 Å². The number of nitrogens with one attached hydrogen (secondary N) is 1. The van der Waals surface area contributed by atoms with Crippen LogP contribution >= 0.6 is 0 Å². The van der Waals surface area contributed by atoms with Gasteiger partial charge in [0.05, 0.1) is 7.11 Å². The summed E-state index contributed by atoms with van der Waals surface area (Å²) in [5.41, 5.74) is 0.555. The van der Waals surface area contributed by atoms with E-state index in [1.165, 1.54) is 31.4 Å². The molecule has 0 saturated carbocycles. The summed E-state index contributed by atoms with van der Waals surface area (Å²) in [5, 5.41) is 29.9. The molecule has 12 nitrogen and oxygen atoms in total. The summed E-state index contributed by atoms with van der Waals surface area (Å²) >= 11 is 0. The van der Waals surface area contributed by atoms with Crippen LogP contribution in [0.4, 0.5) is 0 Å². The van der Waals surface area contributed by atoms with E-state index in [1.807, 2.05) is 0 Å². The third-order valence-corrected chi connectivity index (χ3v) is 2.74. The maximum atomic E-state index is 11.7. The van der Waals surface area contributed by atoms with Gasteiger partial charge in [0.15, 0.2) is 11.5 Å². The molecule has 0 saturated heterocycles. The minimum Gasteiger partial charge on any atom is -0.504 e. The Hall–Kier alpha value is -3.57. The van der Waals surface area contributed by atoms with Gasteiger partial charge in [-0.3, -0.25) is 4.79 Å². The average Bonchev–Trinajstić information content (AvgIpc) is 2.56. The van der Waals surface area contributed by atoms with Crippen molar-refractivity contribution in [1.29, 1.82) is 0 Å². The lowest BCUT2D eigenvalue weighted by molar-refractivity contribution is -0.789. The second-order valence-electron chi connectivity index (χ2n) is 4.48. The number of hydrogen-bond donors (Lipinski definition) is 2. The van der Waals surface area contributed by atoms with Crippen molar-refractivity contribution in [3.05, 3.63) is 50.1 Å². The Kier molecular flexibility index (Phi) is 7.43. The zero-order chi connectivity index (χ0) is 18.8. The third-order valence-electron chi connectivity index (χ3n) is 2.74. The van der Waals surface area contributed by atoms with Crippen molar-refractivity contribution < 1.29 is 34.5 Å². The van der Waals surface area contributed by atoms with Gasteiger partial charge in [0.25, 0.3) is 10.2 Å². The number of benzene rings is 1. The normalized spacial score (nSPS) is 11.6. The van der Waals surface area contributed by atoms with Gasteiger partial charge in [-0.05, 0) is 23.8 Å². The molecule has 25 heavy (non-hydrogen) atoms. The van der Waals surface area contributed by atoms with E-state index in [0.29, 0.717) is 5.56 Å². The lowest BCUT2D eigenvalue weighted by Crippen LogP contribution is -2.37. The van der Waals surface area contributed by atoms with Gasteiger partial charge in [-0.15, -0.1) is 20.2 Å². The van der Waals surface area contributed by atoms with Crippen LogP contribution in [0, 0.1) is 20.2 Å². The highest BCUT2D eigenvalue weighted by atomic mass is 17.0. The summed E-state index contributed by atoms with van der Waals surface area (Å²) in [6.45, 7) is -1.09. The lowest BCUT2D eigenvalue weighted by atomic mass is 10.2. The maximum Gasteiger partial charge on any atom is 0.294 e. The first-order valence-corrected chi connectivity index (χ1v) is 6.73. The molecule has 0 aromatic heterocycles. The van der Waals surface area contributed by atoms with E-state index < -0.39 is 28.8 Å². The molecule has 0 aliphatic heterocycles. The molecule has 0 spiro atoms. The number of nitrogens with zero attached hydrogens (tertiary/aromatic N) is 2. The molecule has 1 amide bonds. The summed E-state index contributed by atoms with van der Waals surface area (Å²) in [6, 6.07) is 4.40. The minimum atomic E-state index is -1.34. The quantitative estimate of drug-likeness (QED) is 0.341. The van der Waals surface area contributed by atoms with E-state index >= 15 is 0 Å². The largest absolute Gasteiger partial charge is 0.504 e. The molecule has 0 bridgehead atoms. The molecular weight excluding hydrogens is 342 g/mol. The molecular formula is C13H15N3O9. The van der Waals surface area contributed by atoms with Crippen molar-refractivity contribution >= 4 is 12.0 Å². The molecule has 0 fully saturated rings. The van der Waals surface area contributed by atoms with Crippen LogP contribution in [0.15, 0.2) is 24.3 Å². The smallest absolute Gasteiger partial charge is 0.294 e. The van der Waals surface area contributed by atoms with Crippen molar-refractivity contribution in [3.63, 3.8) is 0 Å². The molecule has 0 heterocycles. The molecule has 0 aliphatic carbocycles. The van der Waals surface area contributed by atoms with Crippen LogP contribution in [-0.4, -0.2) is 47.6 Å². The van der Waals surface area contributed by atoms with Gasteiger partial charge in [0.1, 0.15) is 12.7 Å². The molecule has 1 aromatic carbocycles. The fraction of sp³-hybridized carbons (Fsp3) is 0.308. The topological polar surface area (TPSA) is 163 Å². The number of aromatic hydroxyl groups is 1. The number of carbonyl (C=O) groups excluding carboxylic acids is 1. The predicted molar refractivity (Wildman–Crippen MR) is 81.5 cm³/mol. The van der Waals surface area contributed by atoms with Crippen molar-refractivity contribution in [2.45, 2.75) is 6.10 Å². The van der Waals surface area contributed by atoms with E-state index in [-0.39, 0.29) is 18.0 Å². The SMILES string of the molecule is COc1cc(C=CC(=O)NCC(CO[N+](=O)[O-])O[N+](=O)[O-])ccc1O. The van der Waals surface area contributed by atoms with Gasteiger partial charge in [0, 0.05) is 12.6 Å². The van der Waals surface area contributed by atoms with Crippen LogP contribution in [0.3, 0.4) is 0 Å². The number of phenols is 1. The second-order valence-corrected chi connectivity index (χ2v) is 4.48. The first kappa shape index (κ1) is 19.5. The fourth-order valence-corrected chi connectivity index (χ4v) is 1.64. The fourth-order valence-electron chi connectivity index (χ4n) is 1.64. The third kappa shape index (κ3) is 7.49. The Bertz CT molecular complexity index is 662. The van der Waals surface area contributed by atoms with Crippen molar-refractivity contribution in [2.24, 2.45) is 0 Å². The van der Waals surface area contributed by atoms with Gasteiger partial charge >= 0.3 is 0 Å². The first-order chi connectivity index (χ1) is 11.8. The molecule has 1 atom stereocenters. The number of carbonyl (C=O) groups is 1. The van der Waals surface area contributed by atoms with Crippen molar-refractivity contribution in [2.75, 3.05) is 20.3 Å². The molecule has 12 heteroatoms. The van der Waals surface area contributed by atoms with Gasteiger partial charge in [-0.1, -0.05) is 6.07 Å². The van der Waals surface area contributed by atoms with Gasteiger partial charge in [0.2, 0.25) is 5.91 Å². The number of ether oxygens (including phenoxy) is 1. The first-order valence-electron chi connectivity index (χ1n) is 6.73. The summed E-state index contributed by atoms with van der Waals surface area (Å²) in [5.74, 6) is -0.460. The van der Waals surface area contributed by atoms with E-state index in [9.17, 15) is 30.1 Å². The molecule has 1 rings (SSSR count). The standard InChI is InChI=1S/C13H15N3O9/c1-23-12-6-9(2-4-11(12)17)3-5-13(18)14-7-10(25-16(21)22)8-24-15(19)20/h2-6,10,17H,7-8H2,1H3,(H,14,18). The molecule has 1 aromatic rings. The number of methoxy groups -OCH3 is 1.